The maximum Gasteiger partial charge on any atom is 0.193 e. The molecule has 0 aliphatic carbocycles. The largest absolute Gasteiger partial charge is 0.493 e. The fraction of sp³-hybridized carbons (Fsp3) is 0.480. The summed E-state index contributed by atoms with van der Waals surface area (Å²) in [5.74, 6) is 2.06. The zero-order valence-corrected chi connectivity index (χ0v) is 19.5. The number of likely N-dealkylation sites (N-methyl/N-ethyl adjacent to an activating group) is 1. The third-order valence-corrected chi connectivity index (χ3v) is 6.23. The first-order valence-electron chi connectivity index (χ1n) is 11.0. The predicted octanol–water partition coefficient (Wildman–Crippen LogP) is 3.64. The number of rotatable bonds is 8. The summed E-state index contributed by atoms with van der Waals surface area (Å²) in [5.41, 5.74) is 1.99. The number of nitrogens with one attached hydrogen (secondary N) is 1. The molecule has 1 fully saturated rings. The molecule has 0 radical (unpaired) electrons. The molecule has 2 aromatic rings. The lowest BCUT2D eigenvalue weighted by atomic mass is 9.74. The van der Waals surface area contributed by atoms with Crippen molar-refractivity contribution < 1.29 is 18.6 Å². The molecule has 0 spiro atoms. The Labute approximate surface area is 190 Å². The van der Waals surface area contributed by atoms with Gasteiger partial charge in [0.2, 0.25) is 0 Å². The zero-order chi connectivity index (χ0) is 23.0. The average molecular weight is 444 g/mol. The number of guanidine groups is 1. The van der Waals surface area contributed by atoms with Gasteiger partial charge >= 0.3 is 0 Å². The van der Waals surface area contributed by atoms with Gasteiger partial charge in [-0.2, -0.15) is 0 Å². The molecule has 2 aromatic carbocycles. The molecular weight excluding hydrogens is 409 g/mol. The highest BCUT2D eigenvalue weighted by Crippen LogP contribution is 2.34. The van der Waals surface area contributed by atoms with Crippen molar-refractivity contribution in [1.29, 1.82) is 0 Å². The second-order valence-corrected chi connectivity index (χ2v) is 8.16. The summed E-state index contributed by atoms with van der Waals surface area (Å²) in [5, 5.41) is 3.53. The Bertz CT molecular complexity index is 913. The Morgan fingerprint density at radius 2 is 1.88 bits per heavy atom. The van der Waals surface area contributed by atoms with Gasteiger partial charge in [0.1, 0.15) is 5.82 Å². The Kier molecular flexibility index (Phi) is 8.33. The van der Waals surface area contributed by atoms with E-state index in [1.807, 2.05) is 31.3 Å². The maximum atomic E-state index is 13.9. The second-order valence-electron chi connectivity index (χ2n) is 8.16. The smallest absolute Gasteiger partial charge is 0.193 e. The van der Waals surface area contributed by atoms with Crippen molar-refractivity contribution in [2.24, 2.45) is 4.99 Å². The summed E-state index contributed by atoms with van der Waals surface area (Å²) in [6.45, 7) is 2.80. The first-order valence-corrected chi connectivity index (χ1v) is 11.0. The summed E-state index contributed by atoms with van der Waals surface area (Å²) in [4.78, 5) is 6.58. The van der Waals surface area contributed by atoms with E-state index in [2.05, 4.69) is 15.2 Å². The number of ether oxygens (including phenoxy) is 3. The van der Waals surface area contributed by atoms with E-state index in [1.165, 1.54) is 6.07 Å². The first-order chi connectivity index (χ1) is 15.5. The van der Waals surface area contributed by atoms with Gasteiger partial charge in [-0.25, -0.2) is 4.39 Å². The van der Waals surface area contributed by atoms with Crippen molar-refractivity contribution in [3.05, 3.63) is 59.4 Å². The van der Waals surface area contributed by atoms with Crippen LogP contribution in [0.4, 0.5) is 4.39 Å². The van der Waals surface area contributed by atoms with Crippen LogP contribution < -0.4 is 14.8 Å². The average Bonchev–Trinajstić information content (AvgIpc) is 2.83. The lowest BCUT2D eigenvalue weighted by Crippen LogP contribution is -2.48. The molecule has 0 unspecified atom stereocenters. The van der Waals surface area contributed by atoms with Crippen molar-refractivity contribution in [1.82, 2.24) is 10.2 Å². The minimum absolute atomic E-state index is 0.180. The number of hydrogen-bond acceptors (Lipinski definition) is 4. The predicted molar refractivity (Wildman–Crippen MR) is 125 cm³/mol. The van der Waals surface area contributed by atoms with E-state index in [0.717, 1.165) is 54.4 Å². The van der Waals surface area contributed by atoms with E-state index in [4.69, 9.17) is 14.2 Å². The molecule has 3 rings (SSSR count). The number of methoxy groups -OCH3 is 2. The van der Waals surface area contributed by atoms with Crippen molar-refractivity contribution in [3.63, 3.8) is 0 Å². The molecule has 32 heavy (non-hydrogen) atoms. The van der Waals surface area contributed by atoms with Crippen LogP contribution in [0.2, 0.25) is 0 Å². The molecule has 1 N–H and O–H groups in total. The fourth-order valence-corrected chi connectivity index (χ4v) is 4.22. The van der Waals surface area contributed by atoms with Crippen LogP contribution in [0.25, 0.3) is 0 Å². The van der Waals surface area contributed by atoms with Crippen molar-refractivity contribution >= 4 is 5.96 Å². The molecule has 0 aromatic heterocycles. The molecule has 1 heterocycles. The van der Waals surface area contributed by atoms with Crippen LogP contribution in [0.15, 0.2) is 47.5 Å². The molecule has 1 aliphatic heterocycles. The van der Waals surface area contributed by atoms with Gasteiger partial charge in [-0.3, -0.25) is 4.99 Å². The van der Waals surface area contributed by atoms with Crippen molar-refractivity contribution in [3.8, 4) is 11.5 Å². The number of hydrogen-bond donors (Lipinski definition) is 1. The minimum Gasteiger partial charge on any atom is -0.493 e. The zero-order valence-electron chi connectivity index (χ0n) is 19.5. The van der Waals surface area contributed by atoms with E-state index < -0.39 is 0 Å². The molecule has 0 saturated carbocycles. The molecular formula is C25H34FN3O3. The highest BCUT2D eigenvalue weighted by Gasteiger charge is 2.35. The number of halogens is 1. The standard InChI is InChI=1S/C25H34FN3O3/c1-27-24(29(2)13-10-19-8-9-22(30-3)23(16-19)31-4)28-18-25(11-14-32-15-12-25)20-6-5-7-21(26)17-20/h5-9,16-17H,10-15,18H2,1-4H3,(H,27,28). The van der Waals surface area contributed by atoms with E-state index >= 15 is 0 Å². The maximum absolute atomic E-state index is 13.9. The Balaban J connectivity index is 1.65. The Morgan fingerprint density at radius 3 is 2.53 bits per heavy atom. The summed E-state index contributed by atoms with van der Waals surface area (Å²) in [7, 11) is 7.09. The quantitative estimate of drug-likeness (QED) is 0.499. The van der Waals surface area contributed by atoms with Crippen molar-refractivity contribution in [2.45, 2.75) is 24.7 Å². The third-order valence-electron chi connectivity index (χ3n) is 6.23. The highest BCUT2D eigenvalue weighted by molar-refractivity contribution is 5.79. The van der Waals surface area contributed by atoms with Crippen LogP contribution in [0.3, 0.4) is 0 Å². The number of benzene rings is 2. The lowest BCUT2D eigenvalue weighted by Gasteiger charge is -2.39. The van der Waals surface area contributed by atoms with Gasteiger partial charge in [-0.05, 0) is 54.7 Å². The van der Waals surface area contributed by atoms with Gasteiger partial charge < -0.3 is 24.4 Å². The van der Waals surface area contributed by atoms with Gasteiger partial charge in [0, 0.05) is 45.8 Å². The van der Waals surface area contributed by atoms with Gasteiger partial charge in [0.25, 0.3) is 0 Å². The van der Waals surface area contributed by atoms with E-state index in [0.29, 0.717) is 19.8 Å². The van der Waals surface area contributed by atoms with Crippen LogP contribution in [-0.2, 0) is 16.6 Å². The Hall–Kier alpha value is -2.80. The van der Waals surface area contributed by atoms with Crippen LogP contribution in [-0.4, -0.2) is 65.5 Å². The fourth-order valence-electron chi connectivity index (χ4n) is 4.22. The highest BCUT2D eigenvalue weighted by atomic mass is 19.1. The van der Waals surface area contributed by atoms with Crippen LogP contribution in [0.5, 0.6) is 11.5 Å². The van der Waals surface area contributed by atoms with Crippen LogP contribution in [0, 0.1) is 5.82 Å². The molecule has 0 bridgehead atoms. The molecule has 7 heteroatoms. The van der Waals surface area contributed by atoms with Gasteiger partial charge in [-0.1, -0.05) is 18.2 Å². The minimum atomic E-state index is -0.204. The second kappa shape index (κ2) is 11.2. The normalized spacial score (nSPS) is 15.8. The van der Waals surface area contributed by atoms with Crippen molar-refractivity contribution in [2.75, 3.05) is 54.6 Å². The summed E-state index contributed by atoms with van der Waals surface area (Å²) in [6.07, 6.45) is 2.52. The summed E-state index contributed by atoms with van der Waals surface area (Å²) < 4.78 is 30.3. The van der Waals surface area contributed by atoms with E-state index in [-0.39, 0.29) is 11.2 Å². The first kappa shape index (κ1) is 23.9. The number of nitrogens with zero attached hydrogens (tertiary/aromatic N) is 2. The molecule has 174 valence electrons. The van der Waals surface area contributed by atoms with Gasteiger partial charge in [0.15, 0.2) is 17.5 Å². The molecule has 6 nitrogen and oxygen atoms in total. The van der Waals surface area contributed by atoms with Crippen LogP contribution in [0.1, 0.15) is 24.0 Å². The third kappa shape index (κ3) is 5.71. The number of aliphatic imine (C=N–C) groups is 1. The summed E-state index contributed by atoms with van der Waals surface area (Å²) >= 11 is 0. The lowest BCUT2D eigenvalue weighted by molar-refractivity contribution is 0.0511. The topological polar surface area (TPSA) is 55.3 Å². The summed E-state index contributed by atoms with van der Waals surface area (Å²) in [6, 6.07) is 12.9. The van der Waals surface area contributed by atoms with Crippen LogP contribution >= 0.6 is 0 Å². The monoisotopic (exact) mass is 443 g/mol. The SMILES string of the molecule is CN=C(NCC1(c2cccc(F)c2)CCOCC1)N(C)CCc1ccc(OC)c(OC)c1. The van der Waals surface area contributed by atoms with E-state index in [1.54, 1.807) is 33.4 Å². The van der Waals surface area contributed by atoms with E-state index in [9.17, 15) is 4.39 Å². The van der Waals surface area contributed by atoms with Gasteiger partial charge in [-0.15, -0.1) is 0 Å². The van der Waals surface area contributed by atoms with Gasteiger partial charge in [0.05, 0.1) is 14.2 Å². The molecule has 0 atom stereocenters. The molecule has 1 saturated heterocycles. The Morgan fingerprint density at radius 1 is 1.12 bits per heavy atom. The molecule has 0 amide bonds. The molecule has 1 aliphatic rings.